The smallest absolute Gasteiger partial charge is 0.312 e. The Morgan fingerprint density at radius 1 is 1.18 bits per heavy atom. The molecule has 0 aliphatic carbocycles. The normalized spacial score (nSPS) is 10.3. The summed E-state index contributed by atoms with van der Waals surface area (Å²) in [5.74, 6) is 0.155. The molecule has 0 radical (unpaired) electrons. The van der Waals surface area contributed by atoms with E-state index in [4.69, 9.17) is 5.73 Å². The number of unbranched alkanes of at least 4 members (excludes halogenated alkanes) is 2. The van der Waals surface area contributed by atoms with Gasteiger partial charge < -0.3 is 16.0 Å². The molecular formula is C17H27N3O2. The number of hydrogen-bond donors (Lipinski definition) is 2. The monoisotopic (exact) mass is 305 g/mol. The fourth-order valence-electron chi connectivity index (χ4n) is 2.35. The molecule has 122 valence electrons. The fourth-order valence-corrected chi connectivity index (χ4v) is 2.35. The summed E-state index contributed by atoms with van der Waals surface area (Å²) >= 11 is 0. The Kier molecular flexibility index (Phi) is 7.43. The minimum atomic E-state index is -0.496. The van der Waals surface area contributed by atoms with Crippen molar-refractivity contribution in [3.63, 3.8) is 0 Å². The Hall–Kier alpha value is -2.04. The lowest BCUT2D eigenvalue weighted by Crippen LogP contribution is -2.30. The van der Waals surface area contributed by atoms with Gasteiger partial charge in [-0.2, -0.15) is 0 Å². The molecule has 0 aromatic heterocycles. The molecule has 1 aromatic rings. The summed E-state index contributed by atoms with van der Waals surface area (Å²) in [6, 6.07) is 5.81. The number of amides is 3. The maximum atomic E-state index is 12.1. The van der Waals surface area contributed by atoms with E-state index in [0.29, 0.717) is 19.5 Å². The summed E-state index contributed by atoms with van der Waals surface area (Å²) in [5.41, 5.74) is 8.62. The summed E-state index contributed by atoms with van der Waals surface area (Å²) in [7, 11) is 1.84. The van der Waals surface area contributed by atoms with E-state index in [1.54, 1.807) is 4.90 Å². The SMILES string of the molecule is Cc1ccc(CN(C)C(=O)CCCCCNC(N)=O)c(C)c1. The number of aryl methyl sites for hydroxylation is 2. The van der Waals surface area contributed by atoms with Gasteiger partial charge in [0.05, 0.1) is 0 Å². The third-order valence-corrected chi connectivity index (χ3v) is 3.70. The molecule has 5 heteroatoms. The van der Waals surface area contributed by atoms with Crippen molar-refractivity contribution < 1.29 is 9.59 Å². The highest BCUT2D eigenvalue weighted by molar-refractivity contribution is 5.75. The highest BCUT2D eigenvalue weighted by Crippen LogP contribution is 2.13. The van der Waals surface area contributed by atoms with Crippen LogP contribution in [-0.4, -0.2) is 30.4 Å². The minimum absolute atomic E-state index is 0.155. The number of hydrogen-bond acceptors (Lipinski definition) is 2. The van der Waals surface area contributed by atoms with Crippen LogP contribution in [0.1, 0.15) is 42.4 Å². The van der Waals surface area contributed by atoms with Gasteiger partial charge in [-0.25, -0.2) is 4.79 Å². The molecule has 0 spiro atoms. The predicted molar refractivity (Wildman–Crippen MR) is 88.4 cm³/mol. The Morgan fingerprint density at radius 3 is 2.55 bits per heavy atom. The molecule has 3 N–H and O–H groups in total. The van der Waals surface area contributed by atoms with Crippen LogP contribution in [0.4, 0.5) is 4.79 Å². The van der Waals surface area contributed by atoms with E-state index in [1.807, 2.05) is 7.05 Å². The minimum Gasteiger partial charge on any atom is -0.352 e. The maximum Gasteiger partial charge on any atom is 0.312 e. The van der Waals surface area contributed by atoms with Crippen molar-refractivity contribution in [2.75, 3.05) is 13.6 Å². The first-order chi connectivity index (χ1) is 10.4. The fraction of sp³-hybridized carbons (Fsp3) is 0.529. The summed E-state index contributed by atoms with van der Waals surface area (Å²) in [4.78, 5) is 24.4. The molecule has 1 rings (SSSR count). The number of benzene rings is 1. The third kappa shape index (κ3) is 6.61. The van der Waals surface area contributed by atoms with E-state index in [2.05, 4.69) is 37.4 Å². The zero-order valence-corrected chi connectivity index (χ0v) is 13.8. The predicted octanol–water partition coefficient (Wildman–Crippen LogP) is 2.49. The number of nitrogens with two attached hydrogens (primary N) is 1. The van der Waals surface area contributed by atoms with Crippen LogP contribution in [0, 0.1) is 13.8 Å². The van der Waals surface area contributed by atoms with E-state index in [0.717, 1.165) is 19.3 Å². The van der Waals surface area contributed by atoms with E-state index in [-0.39, 0.29) is 5.91 Å². The lowest BCUT2D eigenvalue weighted by Gasteiger charge is -2.19. The van der Waals surface area contributed by atoms with Gasteiger partial charge in [-0.1, -0.05) is 30.2 Å². The van der Waals surface area contributed by atoms with Crippen molar-refractivity contribution in [3.8, 4) is 0 Å². The first-order valence-corrected chi connectivity index (χ1v) is 7.73. The zero-order chi connectivity index (χ0) is 16.5. The molecule has 5 nitrogen and oxygen atoms in total. The lowest BCUT2D eigenvalue weighted by atomic mass is 10.1. The Bertz CT molecular complexity index is 515. The van der Waals surface area contributed by atoms with Crippen molar-refractivity contribution in [2.24, 2.45) is 5.73 Å². The maximum absolute atomic E-state index is 12.1. The number of carbonyl (C=O) groups excluding carboxylic acids is 2. The topological polar surface area (TPSA) is 75.4 Å². The molecule has 0 heterocycles. The largest absolute Gasteiger partial charge is 0.352 e. The number of nitrogens with zero attached hydrogens (tertiary/aromatic N) is 1. The molecule has 0 saturated carbocycles. The average molecular weight is 305 g/mol. The van der Waals surface area contributed by atoms with Crippen molar-refractivity contribution in [1.82, 2.24) is 10.2 Å². The summed E-state index contributed by atoms with van der Waals surface area (Å²) in [6.07, 6.45) is 3.12. The number of carbonyl (C=O) groups is 2. The van der Waals surface area contributed by atoms with Crippen LogP contribution >= 0.6 is 0 Å². The first-order valence-electron chi connectivity index (χ1n) is 7.73. The van der Waals surface area contributed by atoms with Crippen LogP contribution in [0.3, 0.4) is 0 Å². The quantitative estimate of drug-likeness (QED) is 0.724. The van der Waals surface area contributed by atoms with Crippen LogP contribution in [0.5, 0.6) is 0 Å². The van der Waals surface area contributed by atoms with E-state index >= 15 is 0 Å². The van der Waals surface area contributed by atoms with Gasteiger partial charge in [0, 0.05) is 26.6 Å². The van der Waals surface area contributed by atoms with E-state index < -0.39 is 6.03 Å². The van der Waals surface area contributed by atoms with E-state index in [1.165, 1.54) is 16.7 Å². The number of urea groups is 1. The van der Waals surface area contributed by atoms with Crippen LogP contribution < -0.4 is 11.1 Å². The van der Waals surface area contributed by atoms with Crippen LogP contribution in [-0.2, 0) is 11.3 Å². The van der Waals surface area contributed by atoms with Gasteiger partial charge in [-0.15, -0.1) is 0 Å². The van der Waals surface area contributed by atoms with Crippen molar-refractivity contribution in [2.45, 2.75) is 46.1 Å². The standard InChI is InChI=1S/C17H27N3O2/c1-13-8-9-15(14(2)11-13)12-20(3)16(21)7-5-4-6-10-19-17(18)22/h8-9,11H,4-7,10,12H2,1-3H3,(H3,18,19,22). The Morgan fingerprint density at radius 2 is 1.91 bits per heavy atom. The van der Waals surface area contributed by atoms with E-state index in [9.17, 15) is 9.59 Å². The molecule has 0 aliphatic rings. The number of nitrogens with one attached hydrogen (secondary N) is 1. The molecule has 0 saturated heterocycles. The molecule has 0 fully saturated rings. The van der Waals surface area contributed by atoms with Crippen molar-refractivity contribution in [3.05, 3.63) is 34.9 Å². The first kappa shape index (κ1) is 18.0. The van der Waals surface area contributed by atoms with Gasteiger partial charge in [0.2, 0.25) is 5.91 Å². The highest BCUT2D eigenvalue weighted by atomic mass is 16.2. The van der Waals surface area contributed by atoms with Gasteiger partial charge in [0.25, 0.3) is 0 Å². The summed E-state index contributed by atoms with van der Waals surface area (Å²) in [5, 5.41) is 2.54. The number of rotatable bonds is 8. The molecule has 0 aliphatic heterocycles. The number of primary amides is 1. The average Bonchev–Trinajstić information content (AvgIpc) is 2.45. The molecule has 1 aromatic carbocycles. The molecule has 0 unspecified atom stereocenters. The van der Waals surface area contributed by atoms with Gasteiger partial charge in [-0.05, 0) is 37.8 Å². The summed E-state index contributed by atoms with van der Waals surface area (Å²) in [6.45, 7) is 5.36. The Balaban J connectivity index is 2.28. The lowest BCUT2D eigenvalue weighted by molar-refractivity contribution is -0.130. The van der Waals surface area contributed by atoms with Gasteiger partial charge in [-0.3, -0.25) is 4.79 Å². The van der Waals surface area contributed by atoms with Gasteiger partial charge in [0.1, 0.15) is 0 Å². The highest BCUT2D eigenvalue weighted by Gasteiger charge is 2.10. The molecular weight excluding hydrogens is 278 g/mol. The Labute approximate surface area is 132 Å². The molecule has 0 atom stereocenters. The second-order valence-electron chi connectivity index (χ2n) is 5.78. The van der Waals surface area contributed by atoms with Crippen LogP contribution in [0.15, 0.2) is 18.2 Å². The molecule has 22 heavy (non-hydrogen) atoms. The second-order valence-corrected chi connectivity index (χ2v) is 5.78. The molecule has 0 bridgehead atoms. The summed E-state index contributed by atoms with van der Waals surface area (Å²) < 4.78 is 0. The third-order valence-electron chi connectivity index (χ3n) is 3.70. The van der Waals surface area contributed by atoms with Crippen LogP contribution in [0.2, 0.25) is 0 Å². The van der Waals surface area contributed by atoms with Gasteiger partial charge >= 0.3 is 6.03 Å². The second kappa shape index (κ2) is 9.07. The zero-order valence-electron chi connectivity index (χ0n) is 13.8. The van der Waals surface area contributed by atoms with Crippen molar-refractivity contribution in [1.29, 1.82) is 0 Å². The van der Waals surface area contributed by atoms with Crippen molar-refractivity contribution >= 4 is 11.9 Å². The van der Waals surface area contributed by atoms with Gasteiger partial charge in [0.15, 0.2) is 0 Å². The van der Waals surface area contributed by atoms with Crippen LogP contribution in [0.25, 0.3) is 0 Å². The molecule has 3 amide bonds.